The molecule has 0 unspecified atom stereocenters. The van der Waals surface area contributed by atoms with Gasteiger partial charge in [-0.3, -0.25) is 19.1 Å². The van der Waals surface area contributed by atoms with Crippen molar-refractivity contribution in [2.45, 2.75) is 44.4 Å². The van der Waals surface area contributed by atoms with Gasteiger partial charge in [-0.2, -0.15) is 18.3 Å². The van der Waals surface area contributed by atoms with Gasteiger partial charge in [-0.05, 0) is 42.7 Å². The number of hydrogen-bond acceptors (Lipinski definition) is 6. The number of aliphatic carboxylic acids is 1. The lowest BCUT2D eigenvalue weighted by Crippen LogP contribution is -2.55. The van der Waals surface area contributed by atoms with E-state index in [-0.39, 0.29) is 36.0 Å². The maximum atomic E-state index is 14.7. The zero-order chi connectivity index (χ0) is 30.6. The number of alkyl halides is 3. The van der Waals surface area contributed by atoms with Gasteiger partial charge in [-0.15, -0.1) is 0 Å². The molecule has 1 saturated heterocycles. The van der Waals surface area contributed by atoms with Crippen molar-refractivity contribution in [3.63, 3.8) is 0 Å². The highest BCUT2D eigenvalue weighted by atomic mass is 19.4. The Hall–Kier alpha value is -4.49. The molecule has 2 aromatic carbocycles. The van der Waals surface area contributed by atoms with Crippen LogP contribution in [0.25, 0.3) is 10.9 Å². The standard InChI is InChI=1S/C26H27FN4O4.C2HF3O2/c1-35-19-7-8-20-23(13-19)31(28-14-24(20)32)15-17-6-9-22(27)21(12-17)26(34)29-10-11-30(25(33)16-29)18-4-2-3-5-18;3-2(4,5)1(6)7/h6-9,12-14,18H,2-5,10-11,15-16H2,1H3;(H,6,7). The summed E-state index contributed by atoms with van der Waals surface area (Å²) in [5.41, 5.74) is 0.927. The quantitative estimate of drug-likeness (QED) is 0.451. The summed E-state index contributed by atoms with van der Waals surface area (Å²) in [6.45, 7) is 1.05. The fourth-order valence-corrected chi connectivity index (χ4v) is 5.08. The summed E-state index contributed by atoms with van der Waals surface area (Å²) in [7, 11) is 1.54. The van der Waals surface area contributed by atoms with Gasteiger partial charge < -0.3 is 19.6 Å². The Kier molecular flexibility index (Phi) is 9.12. The number of halogens is 4. The van der Waals surface area contributed by atoms with Gasteiger partial charge in [-0.1, -0.05) is 18.9 Å². The Morgan fingerprint density at radius 2 is 1.76 bits per heavy atom. The molecule has 42 heavy (non-hydrogen) atoms. The average Bonchev–Trinajstić information content (AvgIpc) is 3.49. The smallest absolute Gasteiger partial charge is 0.490 e. The van der Waals surface area contributed by atoms with Crippen LogP contribution >= 0.6 is 0 Å². The molecule has 5 rings (SSSR count). The van der Waals surface area contributed by atoms with Crippen molar-refractivity contribution in [2.75, 3.05) is 26.7 Å². The number of hydrogen-bond donors (Lipinski definition) is 1. The Morgan fingerprint density at radius 3 is 2.38 bits per heavy atom. The SMILES string of the molecule is COc1ccc2c(=O)cnn(Cc3ccc(F)c(C(=O)N4CCN(C5CCCC5)C(=O)C4)c3)c2c1.O=C(O)C(F)(F)F. The van der Waals surface area contributed by atoms with Gasteiger partial charge in [0, 0.05) is 30.6 Å². The molecule has 2 fully saturated rings. The van der Waals surface area contributed by atoms with Gasteiger partial charge in [0.2, 0.25) is 11.3 Å². The predicted octanol–water partition coefficient (Wildman–Crippen LogP) is 3.45. The number of carbonyl (C=O) groups excluding carboxylic acids is 2. The number of nitrogens with zero attached hydrogens (tertiary/aromatic N) is 4. The molecule has 1 aliphatic heterocycles. The second-order valence-electron chi connectivity index (χ2n) is 9.92. The number of fused-ring (bicyclic) bond motifs is 1. The van der Waals surface area contributed by atoms with Crippen molar-refractivity contribution in [1.29, 1.82) is 0 Å². The number of methoxy groups -OCH3 is 1. The van der Waals surface area contributed by atoms with Crippen LogP contribution < -0.4 is 10.2 Å². The highest BCUT2D eigenvalue weighted by Crippen LogP contribution is 2.26. The zero-order valence-corrected chi connectivity index (χ0v) is 22.6. The van der Waals surface area contributed by atoms with Crippen molar-refractivity contribution in [3.05, 3.63) is 69.8 Å². The van der Waals surface area contributed by atoms with E-state index < -0.39 is 23.9 Å². The molecule has 0 bridgehead atoms. The molecule has 0 spiro atoms. The summed E-state index contributed by atoms with van der Waals surface area (Å²) in [5.74, 6) is -3.39. The van der Waals surface area contributed by atoms with Crippen molar-refractivity contribution in [2.24, 2.45) is 0 Å². The highest BCUT2D eigenvalue weighted by molar-refractivity contribution is 5.97. The minimum Gasteiger partial charge on any atom is -0.497 e. The van der Waals surface area contributed by atoms with Crippen molar-refractivity contribution < 1.29 is 41.8 Å². The number of ether oxygens (including phenoxy) is 1. The number of carboxylic acid groups (broad SMARTS) is 1. The molecule has 2 amide bonds. The Bertz CT molecular complexity index is 1550. The molecule has 0 radical (unpaired) electrons. The summed E-state index contributed by atoms with van der Waals surface area (Å²) in [5, 5.41) is 11.8. The molecule has 1 saturated carbocycles. The highest BCUT2D eigenvalue weighted by Gasteiger charge is 2.38. The molecule has 2 heterocycles. The normalized spacial score (nSPS) is 15.9. The van der Waals surface area contributed by atoms with E-state index in [4.69, 9.17) is 14.6 Å². The van der Waals surface area contributed by atoms with Gasteiger partial charge in [0.1, 0.15) is 18.1 Å². The second-order valence-corrected chi connectivity index (χ2v) is 9.92. The number of aromatic nitrogens is 2. The minimum absolute atomic E-state index is 0.0370. The first-order valence-electron chi connectivity index (χ1n) is 13.1. The first-order valence-corrected chi connectivity index (χ1v) is 13.1. The van der Waals surface area contributed by atoms with Crippen molar-refractivity contribution >= 4 is 28.7 Å². The van der Waals surface area contributed by atoms with E-state index in [0.717, 1.165) is 25.7 Å². The molecular weight excluding hydrogens is 564 g/mol. The summed E-state index contributed by atoms with van der Waals surface area (Å²) < 4.78 is 53.3. The van der Waals surface area contributed by atoms with Gasteiger partial charge in [0.25, 0.3) is 5.91 Å². The number of piperazine rings is 1. The lowest BCUT2D eigenvalue weighted by Gasteiger charge is -2.37. The van der Waals surface area contributed by atoms with Crippen LogP contribution in [0.15, 0.2) is 47.4 Å². The fraction of sp³-hybridized carbons (Fsp3) is 0.393. The largest absolute Gasteiger partial charge is 0.497 e. The lowest BCUT2D eigenvalue weighted by molar-refractivity contribution is -0.192. The Labute approximate surface area is 237 Å². The summed E-state index contributed by atoms with van der Waals surface area (Å²) in [4.78, 5) is 50.3. The van der Waals surface area contributed by atoms with Crippen LogP contribution in [0.5, 0.6) is 5.75 Å². The van der Waals surface area contributed by atoms with Gasteiger partial charge in [0.15, 0.2) is 0 Å². The molecule has 14 heteroatoms. The van der Waals surface area contributed by atoms with E-state index >= 15 is 0 Å². The molecule has 1 aromatic heterocycles. The molecule has 0 atom stereocenters. The monoisotopic (exact) mass is 592 g/mol. The molecule has 10 nitrogen and oxygen atoms in total. The molecule has 1 N–H and O–H groups in total. The van der Waals surface area contributed by atoms with E-state index in [2.05, 4.69) is 5.10 Å². The number of carbonyl (C=O) groups is 3. The van der Waals surface area contributed by atoms with Gasteiger partial charge in [0.05, 0.1) is 30.9 Å². The number of carboxylic acids is 1. The molecule has 224 valence electrons. The van der Waals surface area contributed by atoms with Crippen molar-refractivity contribution in [1.82, 2.24) is 19.6 Å². The van der Waals surface area contributed by atoms with Crippen LogP contribution in [0.3, 0.4) is 0 Å². The van der Waals surface area contributed by atoms with Crippen LogP contribution in [-0.2, 0) is 16.1 Å². The van der Waals surface area contributed by atoms with Crippen LogP contribution in [0.1, 0.15) is 41.6 Å². The first kappa shape index (κ1) is 30.5. The molecule has 1 aliphatic carbocycles. The first-order chi connectivity index (χ1) is 19.9. The van der Waals surface area contributed by atoms with Crippen LogP contribution in [-0.4, -0.2) is 81.4 Å². The fourth-order valence-electron chi connectivity index (χ4n) is 5.08. The second kappa shape index (κ2) is 12.6. The minimum atomic E-state index is -5.08. The third-order valence-electron chi connectivity index (χ3n) is 7.21. The van der Waals surface area contributed by atoms with E-state index in [1.165, 1.54) is 30.3 Å². The van der Waals surface area contributed by atoms with Crippen LogP contribution in [0.2, 0.25) is 0 Å². The van der Waals surface area contributed by atoms with Crippen LogP contribution in [0, 0.1) is 5.82 Å². The molecular formula is C28H28F4N4O6. The number of benzene rings is 2. The predicted molar refractivity (Wildman–Crippen MR) is 142 cm³/mol. The summed E-state index contributed by atoms with van der Waals surface area (Å²) in [6.07, 6.45) is 0.425. The van der Waals surface area contributed by atoms with Gasteiger partial charge >= 0.3 is 12.1 Å². The number of rotatable bonds is 5. The maximum absolute atomic E-state index is 14.7. The Balaban J connectivity index is 0.000000517. The van der Waals surface area contributed by atoms with E-state index in [0.29, 0.717) is 35.3 Å². The topological polar surface area (TPSA) is 122 Å². The maximum Gasteiger partial charge on any atom is 0.490 e. The Morgan fingerprint density at radius 1 is 1.07 bits per heavy atom. The van der Waals surface area contributed by atoms with E-state index in [9.17, 15) is 31.9 Å². The van der Waals surface area contributed by atoms with Gasteiger partial charge in [-0.25, -0.2) is 9.18 Å². The summed E-state index contributed by atoms with van der Waals surface area (Å²) >= 11 is 0. The van der Waals surface area contributed by atoms with Crippen molar-refractivity contribution in [3.8, 4) is 5.75 Å². The van der Waals surface area contributed by atoms with Crippen LogP contribution in [0.4, 0.5) is 17.6 Å². The molecule has 3 aromatic rings. The third-order valence-corrected chi connectivity index (χ3v) is 7.21. The third kappa shape index (κ3) is 6.86. The lowest BCUT2D eigenvalue weighted by atomic mass is 10.1. The van der Waals surface area contributed by atoms with E-state index in [1.54, 1.807) is 28.9 Å². The summed E-state index contributed by atoms with van der Waals surface area (Å²) in [6, 6.07) is 9.70. The van der Waals surface area contributed by atoms with E-state index in [1.807, 2.05) is 4.90 Å². The number of amides is 2. The zero-order valence-electron chi connectivity index (χ0n) is 22.6. The average molecular weight is 593 g/mol. The molecule has 2 aliphatic rings.